The van der Waals surface area contributed by atoms with Crippen molar-refractivity contribution in [3.8, 4) is 5.88 Å². The molecule has 2 aliphatic heterocycles. The number of nitrogens with two attached hydrogens (primary N) is 1. The Morgan fingerprint density at radius 2 is 2.07 bits per heavy atom. The van der Waals surface area contributed by atoms with Gasteiger partial charge in [0.05, 0.1) is 13.2 Å². The van der Waals surface area contributed by atoms with Crippen LogP contribution in [-0.4, -0.2) is 77.2 Å². The molecule has 1 aliphatic carbocycles. The van der Waals surface area contributed by atoms with Gasteiger partial charge in [0, 0.05) is 37.7 Å². The smallest absolute Gasteiger partial charge is 0.410 e. The van der Waals surface area contributed by atoms with E-state index in [-0.39, 0.29) is 36.0 Å². The van der Waals surface area contributed by atoms with Crippen LogP contribution in [0.4, 0.5) is 16.6 Å². The Morgan fingerprint density at radius 3 is 2.82 bits per heavy atom. The number of amides is 2. The van der Waals surface area contributed by atoms with E-state index >= 15 is 0 Å². The molecular weight excluding hydrogens is 364 g/mol. The molecule has 0 spiro atoms. The zero-order valence-electron chi connectivity index (χ0n) is 16.0. The van der Waals surface area contributed by atoms with Crippen molar-refractivity contribution in [3.63, 3.8) is 0 Å². The number of piperazine rings is 1. The van der Waals surface area contributed by atoms with Crippen LogP contribution in [0.25, 0.3) is 0 Å². The lowest BCUT2D eigenvalue weighted by Gasteiger charge is -2.38. The Hall–Kier alpha value is -2.78. The molecule has 10 nitrogen and oxygen atoms in total. The summed E-state index contributed by atoms with van der Waals surface area (Å²) in [5.74, 6) is 1.46. The number of hydrogen-bond donors (Lipinski definition) is 2. The van der Waals surface area contributed by atoms with Gasteiger partial charge in [-0.1, -0.05) is 0 Å². The zero-order chi connectivity index (χ0) is 19.7. The Morgan fingerprint density at radius 1 is 1.29 bits per heavy atom. The quantitative estimate of drug-likeness (QED) is 0.770. The highest BCUT2D eigenvalue weighted by Crippen LogP contribution is 2.29. The van der Waals surface area contributed by atoms with Crippen molar-refractivity contribution in [2.45, 2.75) is 37.8 Å². The molecule has 0 aromatic carbocycles. The van der Waals surface area contributed by atoms with Gasteiger partial charge >= 0.3 is 6.09 Å². The molecule has 1 aromatic heterocycles. The predicted octanol–water partition coefficient (Wildman–Crippen LogP) is 0.701. The van der Waals surface area contributed by atoms with Gasteiger partial charge in [-0.25, -0.2) is 4.79 Å². The minimum Gasteiger partial charge on any atom is -0.481 e. The van der Waals surface area contributed by atoms with E-state index in [1.54, 1.807) is 11.0 Å². The van der Waals surface area contributed by atoms with Gasteiger partial charge in [0.25, 0.3) is 0 Å². The normalized spacial score (nSPS) is 27.2. The molecule has 0 radical (unpaired) electrons. The lowest BCUT2D eigenvalue weighted by atomic mass is 9.85. The molecule has 4 rings (SSSR count). The number of hydrogen-bond acceptors (Lipinski definition) is 8. The molecule has 2 amide bonds. The second-order valence-electron chi connectivity index (χ2n) is 7.56. The number of methoxy groups -OCH3 is 1. The average molecular weight is 390 g/mol. The predicted molar refractivity (Wildman–Crippen MR) is 101 cm³/mol. The van der Waals surface area contributed by atoms with Crippen molar-refractivity contribution in [3.05, 3.63) is 6.07 Å². The van der Waals surface area contributed by atoms with Gasteiger partial charge < -0.3 is 25.4 Å². The largest absolute Gasteiger partial charge is 0.481 e. The number of anilines is 2. The molecule has 2 saturated heterocycles. The third-order valence-corrected chi connectivity index (χ3v) is 5.79. The summed E-state index contributed by atoms with van der Waals surface area (Å²) in [6.07, 6.45) is 3.16. The van der Waals surface area contributed by atoms with E-state index in [1.807, 2.05) is 4.90 Å². The van der Waals surface area contributed by atoms with Crippen molar-refractivity contribution >= 4 is 23.8 Å². The molecular formula is C18H26N6O4. The lowest BCUT2D eigenvalue weighted by Crippen LogP contribution is -2.55. The number of aromatic nitrogens is 2. The maximum atomic E-state index is 12.9. The van der Waals surface area contributed by atoms with Gasteiger partial charge in [-0.15, -0.1) is 0 Å². The van der Waals surface area contributed by atoms with Crippen LogP contribution in [0.15, 0.2) is 6.07 Å². The highest BCUT2D eigenvalue weighted by Gasteiger charge is 2.40. The molecule has 1 saturated carbocycles. The Kier molecular flexibility index (Phi) is 5.10. The number of ether oxygens (including phenoxy) is 2. The maximum absolute atomic E-state index is 12.9. The SMILES string of the molecule is COc1cc(NC2CCC(C(=O)N3CCN4C(=O)OCC4C3)CC2)nc(N)n1. The first-order valence-corrected chi connectivity index (χ1v) is 9.70. The fraction of sp³-hybridized carbons (Fsp3) is 0.667. The maximum Gasteiger partial charge on any atom is 0.410 e. The highest BCUT2D eigenvalue weighted by molar-refractivity contribution is 5.80. The summed E-state index contributed by atoms with van der Waals surface area (Å²) in [6.45, 7) is 2.10. The number of nitrogens with one attached hydrogen (secondary N) is 1. The first kappa shape index (κ1) is 18.6. The third-order valence-electron chi connectivity index (χ3n) is 5.79. The summed E-state index contributed by atoms with van der Waals surface area (Å²) in [5, 5.41) is 3.37. The summed E-state index contributed by atoms with van der Waals surface area (Å²) < 4.78 is 10.2. The summed E-state index contributed by atoms with van der Waals surface area (Å²) in [7, 11) is 1.54. The molecule has 1 atom stereocenters. The van der Waals surface area contributed by atoms with Crippen LogP contribution >= 0.6 is 0 Å². The Bertz CT molecular complexity index is 752. The van der Waals surface area contributed by atoms with Gasteiger partial charge in [-0.3, -0.25) is 9.69 Å². The van der Waals surface area contributed by atoms with Crippen molar-refractivity contribution in [1.29, 1.82) is 0 Å². The first-order chi connectivity index (χ1) is 13.5. The summed E-state index contributed by atoms with van der Waals surface area (Å²) in [6, 6.07) is 1.96. The van der Waals surface area contributed by atoms with E-state index in [4.69, 9.17) is 15.2 Å². The van der Waals surface area contributed by atoms with E-state index in [1.165, 1.54) is 7.11 Å². The second kappa shape index (κ2) is 7.69. The summed E-state index contributed by atoms with van der Waals surface area (Å²) in [5.41, 5.74) is 5.70. The Balaban J connectivity index is 1.29. The molecule has 3 aliphatic rings. The van der Waals surface area contributed by atoms with Crippen molar-refractivity contribution in [1.82, 2.24) is 19.8 Å². The number of nitrogens with zero attached hydrogens (tertiary/aromatic N) is 4. The van der Waals surface area contributed by atoms with E-state index in [2.05, 4.69) is 15.3 Å². The number of fused-ring (bicyclic) bond motifs is 1. The Labute approximate surface area is 163 Å². The zero-order valence-corrected chi connectivity index (χ0v) is 16.0. The van der Waals surface area contributed by atoms with Crippen LogP contribution < -0.4 is 15.8 Å². The fourth-order valence-corrected chi connectivity index (χ4v) is 4.26. The standard InChI is InChI=1S/C18H26N6O4/c1-27-15-8-14(21-17(19)22-15)20-12-4-2-11(3-5-12)16(25)23-6-7-24-13(9-23)10-28-18(24)26/h8,11-13H,2-7,9-10H2,1H3,(H3,19,20,21,22). The number of nitrogen functional groups attached to an aromatic ring is 1. The van der Waals surface area contributed by atoms with Crippen LogP contribution in [0.5, 0.6) is 5.88 Å². The van der Waals surface area contributed by atoms with Gasteiger partial charge in [-0.2, -0.15) is 9.97 Å². The van der Waals surface area contributed by atoms with Gasteiger partial charge in [-0.05, 0) is 25.7 Å². The molecule has 3 fully saturated rings. The number of cyclic esters (lactones) is 1. The number of rotatable bonds is 4. The van der Waals surface area contributed by atoms with E-state index < -0.39 is 0 Å². The molecule has 0 bridgehead atoms. The van der Waals surface area contributed by atoms with Crippen molar-refractivity contribution < 1.29 is 19.1 Å². The van der Waals surface area contributed by atoms with Crippen LogP contribution in [0, 0.1) is 5.92 Å². The summed E-state index contributed by atoms with van der Waals surface area (Å²) >= 11 is 0. The topological polar surface area (TPSA) is 123 Å². The fourth-order valence-electron chi connectivity index (χ4n) is 4.26. The third kappa shape index (κ3) is 3.76. The van der Waals surface area contributed by atoms with E-state index in [0.717, 1.165) is 25.7 Å². The van der Waals surface area contributed by atoms with Crippen LogP contribution in [0.1, 0.15) is 25.7 Å². The van der Waals surface area contributed by atoms with Crippen LogP contribution in [-0.2, 0) is 9.53 Å². The number of carbonyl (C=O) groups excluding carboxylic acids is 2. The first-order valence-electron chi connectivity index (χ1n) is 9.70. The van der Waals surface area contributed by atoms with Crippen LogP contribution in [0.2, 0.25) is 0 Å². The monoisotopic (exact) mass is 390 g/mol. The molecule has 3 heterocycles. The minimum absolute atomic E-state index is 0.00130. The molecule has 3 N–H and O–H groups in total. The highest BCUT2D eigenvalue weighted by atomic mass is 16.6. The van der Waals surface area contributed by atoms with Crippen LogP contribution in [0.3, 0.4) is 0 Å². The molecule has 1 aromatic rings. The van der Waals surface area contributed by atoms with Gasteiger partial charge in [0.2, 0.25) is 17.7 Å². The minimum atomic E-state index is -0.259. The molecule has 1 unspecified atom stereocenters. The lowest BCUT2D eigenvalue weighted by molar-refractivity contribution is -0.138. The van der Waals surface area contributed by atoms with Gasteiger partial charge in [0.1, 0.15) is 12.4 Å². The molecule has 152 valence electrons. The molecule has 28 heavy (non-hydrogen) atoms. The summed E-state index contributed by atoms with van der Waals surface area (Å²) in [4.78, 5) is 36.3. The number of carbonyl (C=O) groups is 2. The van der Waals surface area contributed by atoms with E-state index in [0.29, 0.717) is 37.9 Å². The van der Waals surface area contributed by atoms with Crippen molar-refractivity contribution in [2.24, 2.45) is 5.92 Å². The van der Waals surface area contributed by atoms with Gasteiger partial charge in [0.15, 0.2) is 0 Å². The van der Waals surface area contributed by atoms with E-state index in [9.17, 15) is 9.59 Å². The molecule has 10 heteroatoms. The van der Waals surface area contributed by atoms with Crippen molar-refractivity contribution in [2.75, 3.05) is 44.4 Å². The average Bonchev–Trinajstić information content (AvgIpc) is 3.08. The second-order valence-corrected chi connectivity index (χ2v) is 7.56.